The van der Waals surface area contributed by atoms with Gasteiger partial charge in [-0.25, -0.2) is 13.4 Å². The molecule has 0 bridgehead atoms. The fourth-order valence-corrected chi connectivity index (χ4v) is 10.0. The molecule has 2 saturated carbocycles. The second kappa shape index (κ2) is 18.0. The zero-order valence-corrected chi connectivity index (χ0v) is 37.2. The Balaban J connectivity index is 1.39. The number of rotatable bonds is 13. The van der Waals surface area contributed by atoms with Gasteiger partial charge in [-0.1, -0.05) is 19.1 Å². The molecule has 2 aliphatic heterocycles. The van der Waals surface area contributed by atoms with Gasteiger partial charge in [0.2, 0.25) is 33.3 Å². The van der Waals surface area contributed by atoms with Gasteiger partial charge in [0.05, 0.1) is 55.0 Å². The van der Waals surface area contributed by atoms with E-state index in [4.69, 9.17) is 23.7 Å². The largest absolute Gasteiger partial charge is 0.497 e. The molecule has 3 fully saturated rings. The number of nitrogens with one attached hydrogen (secondary N) is 1. The van der Waals surface area contributed by atoms with Crippen molar-refractivity contribution in [3.05, 3.63) is 36.5 Å². The second-order valence-electron chi connectivity index (χ2n) is 18.1. The van der Waals surface area contributed by atoms with Gasteiger partial charge in [0.25, 0.3) is 0 Å². The van der Waals surface area contributed by atoms with Crippen LogP contribution in [-0.2, 0) is 38.7 Å². The molecule has 1 aromatic carbocycles. The number of allylic oxidation sites excluding steroid dienone is 2. The number of pyridine rings is 1. The Bertz CT molecular complexity index is 2180. The Morgan fingerprint density at radius 3 is 2.45 bits per heavy atom. The number of hydrogen-bond donors (Lipinski definition) is 1. The predicted octanol–water partition coefficient (Wildman–Crippen LogP) is 6.48. The lowest BCUT2D eigenvalue weighted by Gasteiger charge is -2.34. The Morgan fingerprint density at radius 1 is 1.08 bits per heavy atom. The molecule has 2 amide bonds. The standard InChI is InChI=1S/C44H58F3N3O11S/c1-8-59-36-23-48-38(31-14-13-29(58-7)18-33(31)36)60-30-19-34-35(51)22-43(40(54)49-62(55,56)42(5)15-16-42)21-28(43)12-10-9-11-26(2)17-27(25-57-6)32(39(53)50(34)24-30)20-37(52)61-41(3,4)44(45,46)47/h10,12-14,18,23,26-28,30,32,34H,8-9,11,15-17,19-22,24-25H2,1-7H3,(H,49,54)/b12-10-/t26-,27-,28+,30+,32-,34-,43+/m0/s1. The molecule has 2 aliphatic carbocycles. The lowest BCUT2D eigenvalue weighted by Crippen LogP contribution is -2.49. The first-order valence-corrected chi connectivity index (χ1v) is 22.7. The zero-order valence-electron chi connectivity index (χ0n) is 36.3. The van der Waals surface area contributed by atoms with Gasteiger partial charge in [-0.3, -0.25) is 23.9 Å². The van der Waals surface area contributed by atoms with Crippen molar-refractivity contribution in [2.75, 3.05) is 34.0 Å². The van der Waals surface area contributed by atoms with Gasteiger partial charge in [0, 0.05) is 37.3 Å². The molecule has 1 aromatic heterocycles. The van der Waals surface area contributed by atoms with Gasteiger partial charge in [0.1, 0.15) is 17.6 Å². The average molecular weight is 894 g/mol. The lowest BCUT2D eigenvalue weighted by atomic mass is 9.81. The van der Waals surface area contributed by atoms with E-state index in [2.05, 4.69) is 9.71 Å². The normalized spacial score (nSPS) is 28.5. The molecule has 4 aliphatic rings. The monoisotopic (exact) mass is 893 g/mol. The fraction of sp³-hybridized carbons (Fsp3) is 0.659. The first kappa shape index (κ1) is 47.0. The highest BCUT2D eigenvalue weighted by Crippen LogP contribution is 2.58. The maximum Gasteiger partial charge on any atom is 0.427 e. The van der Waals surface area contributed by atoms with E-state index in [0.29, 0.717) is 61.0 Å². The summed E-state index contributed by atoms with van der Waals surface area (Å²) < 4.78 is 97.8. The Labute approximate surface area is 360 Å². The van der Waals surface area contributed by atoms with Crippen molar-refractivity contribution in [3.8, 4) is 17.4 Å². The quantitative estimate of drug-likeness (QED) is 0.171. The van der Waals surface area contributed by atoms with Crippen molar-refractivity contribution in [2.24, 2.45) is 29.1 Å². The number of aromatic nitrogens is 1. The van der Waals surface area contributed by atoms with E-state index in [9.17, 15) is 36.0 Å². The van der Waals surface area contributed by atoms with Gasteiger partial charge in [-0.05, 0) is 102 Å². The molecule has 1 N–H and O–H groups in total. The summed E-state index contributed by atoms with van der Waals surface area (Å²) in [6, 6.07) is 3.98. The van der Waals surface area contributed by atoms with Crippen molar-refractivity contribution in [3.63, 3.8) is 0 Å². The molecule has 0 spiro atoms. The fourth-order valence-electron chi connectivity index (χ4n) is 8.67. The molecule has 62 heavy (non-hydrogen) atoms. The van der Waals surface area contributed by atoms with Crippen LogP contribution in [-0.4, -0.2) is 105 Å². The molecule has 1 saturated heterocycles. The summed E-state index contributed by atoms with van der Waals surface area (Å²) in [6.45, 7) is 6.93. The van der Waals surface area contributed by atoms with E-state index in [0.717, 1.165) is 13.8 Å². The number of hydrogen-bond acceptors (Lipinski definition) is 12. The number of carbonyl (C=O) groups excluding carboxylic acids is 4. The molecule has 0 radical (unpaired) electrons. The van der Waals surface area contributed by atoms with Crippen molar-refractivity contribution in [1.82, 2.24) is 14.6 Å². The van der Waals surface area contributed by atoms with E-state index < -0.39 is 98.3 Å². The highest BCUT2D eigenvalue weighted by Gasteiger charge is 2.63. The minimum absolute atomic E-state index is 0.0246. The Morgan fingerprint density at radius 2 is 1.81 bits per heavy atom. The van der Waals surface area contributed by atoms with Gasteiger partial charge in [-0.2, -0.15) is 13.2 Å². The van der Waals surface area contributed by atoms with Crippen LogP contribution in [0.25, 0.3) is 10.8 Å². The predicted molar refractivity (Wildman–Crippen MR) is 221 cm³/mol. The molecule has 2 aromatic rings. The minimum atomic E-state index is -4.90. The zero-order chi connectivity index (χ0) is 45.4. The summed E-state index contributed by atoms with van der Waals surface area (Å²) in [5.74, 6) is -4.57. The van der Waals surface area contributed by atoms with Crippen LogP contribution >= 0.6 is 0 Å². The maximum absolute atomic E-state index is 15.1. The van der Waals surface area contributed by atoms with Crippen molar-refractivity contribution < 1.29 is 64.5 Å². The van der Waals surface area contributed by atoms with E-state index >= 15 is 4.79 Å². The number of benzene rings is 1. The topological polar surface area (TPSA) is 177 Å². The number of carbonyl (C=O) groups is 4. The number of amides is 2. The summed E-state index contributed by atoms with van der Waals surface area (Å²) in [7, 11) is -1.11. The van der Waals surface area contributed by atoms with Gasteiger partial charge in [-0.15, -0.1) is 0 Å². The smallest absolute Gasteiger partial charge is 0.427 e. The number of Topliss-reactive ketones (excluding diaryl/α,β-unsaturated/α-hetero) is 1. The van der Waals surface area contributed by atoms with Gasteiger partial charge < -0.3 is 28.6 Å². The number of ketones is 1. The van der Waals surface area contributed by atoms with Crippen LogP contribution in [0.1, 0.15) is 92.4 Å². The second-order valence-corrected chi connectivity index (χ2v) is 20.3. The number of fused-ring (bicyclic) bond motifs is 3. The van der Waals surface area contributed by atoms with Crippen molar-refractivity contribution >= 4 is 44.4 Å². The Hall–Kier alpha value is -4.45. The number of esters is 1. The molecule has 14 nitrogen and oxygen atoms in total. The van der Waals surface area contributed by atoms with Crippen LogP contribution in [0, 0.1) is 29.1 Å². The summed E-state index contributed by atoms with van der Waals surface area (Å²) >= 11 is 0. The molecule has 18 heteroatoms. The average Bonchev–Trinajstić information content (AvgIpc) is 4.08. The minimum Gasteiger partial charge on any atom is -0.497 e. The van der Waals surface area contributed by atoms with E-state index in [-0.39, 0.29) is 37.8 Å². The molecular weight excluding hydrogens is 836 g/mol. The van der Waals surface area contributed by atoms with E-state index in [1.807, 2.05) is 26.0 Å². The molecule has 342 valence electrons. The number of halogens is 3. The summed E-state index contributed by atoms with van der Waals surface area (Å²) in [5, 5.41) is 1.18. The van der Waals surface area contributed by atoms with Crippen molar-refractivity contribution in [2.45, 2.75) is 121 Å². The number of ether oxygens (including phenoxy) is 5. The van der Waals surface area contributed by atoms with Crippen LogP contribution in [0.2, 0.25) is 0 Å². The van der Waals surface area contributed by atoms with Crippen LogP contribution in [0.15, 0.2) is 36.5 Å². The van der Waals surface area contributed by atoms with Crippen LogP contribution in [0.3, 0.4) is 0 Å². The third kappa shape index (κ3) is 9.85. The van der Waals surface area contributed by atoms with Gasteiger partial charge in [0.15, 0.2) is 5.78 Å². The van der Waals surface area contributed by atoms with E-state index in [1.165, 1.54) is 25.3 Å². The first-order chi connectivity index (χ1) is 29.1. The molecule has 7 atom stereocenters. The summed E-state index contributed by atoms with van der Waals surface area (Å²) in [6.07, 6.45) is 0.743. The number of alkyl halides is 3. The Kier molecular flexibility index (Phi) is 13.6. The van der Waals surface area contributed by atoms with Crippen molar-refractivity contribution in [1.29, 1.82) is 0 Å². The third-order valence-electron chi connectivity index (χ3n) is 13.0. The van der Waals surface area contributed by atoms with E-state index in [1.54, 1.807) is 25.1 Å². The van der Waals surface area contributed by atoms with Crippen LogP contribution in [0.4, 0.5) is 13.2 Å². The first-order valence-electron chi connectivity index (χ1n) is 21.2. The summed E-state index contributed by atoms with van der Waals surface area (Å²) in [5.41, 5.74) is -4.27. The summed E-state index contributed by atoms with van der Waals surface area (Å²) in [4.78, 5) is 63.3. The number of nitrogens with zero attached hydrogens (tertiary/aromatic N) is 2. The van der Waals surface area contributed by atoms with Gasteiger partial charge >= 0.3 is 12.1 Å². The third-order valence-corrected chi connectivity index (χ3v) is 15.2. The highest BCUT2D eigenvalue weighted by molar-refractivity contribution is 7.91. The number of methoxy groups -OCH3 is 2. The molecule has 6 rings (SSSR count). The molecule has 3 heterocycles. The molecule has 0 unspecified atom stereocenters. The highest BCUT2D eigenvalue weighted by atomic mass is 32.2. The van der Waals surface area contributed by atoms with Crippen LogP contribution in [0.5, 0.6) is 17.4 Å². The molecular formula is C44H58F3N3O11S. The SMILES string of the molecule is CCOc1cnc(O[C@@H]2C[C@H]3C(=O)C[C@]4(C(=O)NS(=O)(=O)C5(C)CC5)C[C@H]4/C=C\CC[C@H](C)C[C@@H](COC)[C@H](CC(=O)OC(C)(C)C(F)(F)F)C(=O)N3C2)c2ccc(OC)cc12. The lowest BCUT2D eigenvalue weighted by molar-refractivity contribution is -0.257. The number of sulfonamides is 1. The van der Waals surface area contributed by atoms with Crippen LogP contribution < -0.4 is 18.9 Å². The maximum atomic E-state index is 15.1.